The minimum atomic E-state index is 0.687. The van der Waals surface area contributed by atoms with E-state index in [0.717, 1.165) is 40.5 Å². The number of imidazole rings is 1. The summed E-state index contributed by atoms with van der Waals surface area (Å²) in [7, 11) is 0. The zero-order valence-electron chi connectivity index (χ0n) is 9.29. The number of hydrogen-bond donors (Lipinski definition) is 1. The van der Waals surface area contributed by atoms with E-state index in [0.29, 0.717) is 5.92 Å². The molecule has 0 amide bonds. The highest BCUT2D eigenvalue weighted by molar-refractivity contribution is 9.10. The van der Waals surface area contributed by atoms with Crippen molar-refractivity contribution in [3.63, 3.8) is 0 Å². The number of pyridine rings is 1. The molecule has 0 aromatic carbocycles. The molecule has 3 heterocycles. The van der Waals surface area contributed by atoms with Gasteiger partial charge in [0.05, 0.1) is 10.5 Å². The van der Waals surface area contributed by atoms with Crippen molar-refractivity contribution in [2.24, 2.45) is 5.92 Å². The lowest BCUT2D eigenvalue weighted by atomic mass is 10.1. The average molecular weight is 315 g/mol. The van der Waals surface area contributed by atoms with Crippen molar-refractivity contribution in [3.8, 4) is 0 Å². The third kappa shape index (κ3) is 2.21. The van der Waals surface area contributed by atoms with Crippen LogP contribution < -0.4 is 5.32 Å². The fourth-order valence-corrected chi connectivity index (χ4v) is 3.06. The first-order valence-corrected chi connectivity index (χ1v) is 6.94. The molecule has 0 radical (unpaired) electrons. The Balaban J connectivity index is 2.00. The van der Waals surface area contributed by atoms with Crippen LogP contribution in [0.5, 0.6) is 0 Å². The number of fused-ring (bicyclic) bond motifs is 1. The van der Waals surface area contributed by atoms with Crippen LogP contribution in [0.15, 0.2) is 22.9 Å². The maximum Gasteiger partial charge on any atom is 0.132 e. The van der Waals surface area contributed by atoms with E-state index in [2.05, 4.69) is 30.6 Å². The highest BCUT2D eigenvalue weighted by Crippen LogP contribution is 2.24. The molecule has 0 aliphatic carbocycles. The van der Waals surface area contributed by atoms with Crippen LogP contribution in [0.25, 0.3) is 5.52 Å². The second-order valence-corrected chi connectivity index (χ2v) is 5.67. The van der Waals surface area contributed by atoms with Crippen LogP contribution in [0.1, 0.15) is 12.2 Å². The van der Waals surface area contributed by atoms with Crippen LogP contribution in [0, 0.1) is 5.92 Å². The van der Waals surface area contributed by atoms with Gasteiger partial charge in [-0.1, -0.05) is 11.6 Å². The van der Waals surface area contributed by atoms with Crippen LogP contribution in [0.2, 0.25) is 5.02 Å². The molecule has 0 bridgehead atoms. The molecule has 1 fully saturated rings. The summed E-state index contributed by atoms with van der Waals surface area (Å²) in [5, 5.41) is 4.13. The molecule has 5 heteroatoms. The van der Waals surface area contributed by atoms with Crippen LogP contribution in [-0.2, 0) is 6.42 Å². The van der Waals surface area contributed by atoms with Crippen LogP contribution in [0.4, 0.5) is 0 Å². The number of halogens is 2. The predicted octanol–water partition coefficient (Wildman–Crippen LogP) is 2.90. The molecule has 1 atom stereocenters. The quantitative estimate of drug-likeness (QED) is 0.923. The van der Waals surface area contributed by atoms with Gasteiger partial charge in [-0.25, -0.2) is 4.98 Å². The molecular weight excluding hydrogens is 302 g/mol. The Hall–Kier alpha value is -0.580. The Labute approximate surface area is 113 Å². The molecule has 0 spiro atoms. The molecule has 2 aromatic heterocycles. The van der Waals surface area contributed by atoms with E-state index in [4.69, 9.17) is 11.6 Å². The summed E-state index contributed by atoms with van der Waals surface area (Å²) in [6.45, 7) is 2.21. The summed E-state index contributed by atoms with van der Waals surface area (Å²) >= 11 is 9.54. The fraction of sp³-hybridized carbons (Fsp3) is 0.417. The number of rotatable bonds is 2. The second kappa shape index (κ2) is 4.59. The topological polar surface area (TPSA) is 29.3 Å². The summed E-state index contributed by atoms with van der Waals surface area (Å²) in [5.41, 5.74) is 1.08. The zero-order valence-corrected chi connectivity index (χ0v) is 11.6. The maximum absolute atomic E-state index is 6.04. The number of hydrogen-bond acceptors (Lipinski definition) is 2. The molecule has 1 unspecified atom stereocenters. The molecule has 1 N–H and O–H groups in total. The van der Waals surface area contributed by atoms with Gasteiger partial charge in [0.2, 0.25) is 0 Å². The van der Waals surface area contributed by atoms with Gasteiger partial charge in [-0.2, -0.15) is 0 Å². The minimum Gasteiger partial charge on any atom is -0.316 e. The van der Waals surface area contributed by atoms with Crippen molar-refractivity contribution in [1.29, 1.82) is 0 Å². The Morgan fingerprint density at radius 2 is 2.41 bits per heavy atom. The molecule has 2 aromatic rings. The van der Waals surface area contributed by atoms with Crippen molar-refractivity contribution >= 4 is 33.0 Å². The van der Waals surface area contributed by atoms with Crippen molar-refractivity contribution in [3.05, 3.63) is 33.8 Å². The van der Waals surface area contributed by atoms with Crippen LogP contribution in [-0.4, -0.2) is 22.5 Å². The molecule has 1 aliphatic rings. The highest BCUT2D eigenvalue weighted by atomic mass is 79.9. The summed E-state index contributed by atoms with van der Waals surface area (Å²) in [4.78, 5) is 4.59. The van der Waals surface area contributed by atoms with Crippen LogP contribution >= 0.6 is 27.5 Å². The van der Waals surface area contributed by atoms with E-state index in [1.54, 1.807) is 0 Å². The van der Waals surface area contributed by atoms with Gasteiger partial charge in [-0.3, -0.25) is 0 Å². The lowest BCUT2D eigenvalue weighted by Gasteiger charge is -2.07. The van der Waals surface area contributed by atoms with Gasteiger partial charge in [-0.05, 0) is 53.5 Å². The first kappa shape index (κ1) is 11.5. The van der Waals surface area contributed by atoms with E-state index in [-0.39, 0.29) is 0 Å². The SMILES string of the molecule is Clc1ccc2c(Br)nc(CC3CCNC3)n2c1. The Morgan fingerprint density at radius 3 is 3.18 bits per heavy atom. The maximum atomic E-state index is 6.04. The van der Waals surface area contributed by atoms with E-state index >= 15 is 0 Å². The molecule has 17 heavy (non-hydrogen) atoms. The smallest absolute Gasteiger partial charge is 0.132 e. The van der Waals surface area contributed by atoms with Crippen molar-refractivity contribution in [1.82, 2.24) is 14.7 Å². The van der Waals surface area contributed by atoms with Gasteiger partial charge in [0.25, 0.3) is 0 Å². The average Bonchev–Trinajstić information content (AvgIpc) is 2.89. The highest BCUT2D eigenvalue weighted by Gasteiger charge is 2.18. The van der Waals surface area contributed by atoms with E-state index in [1.807, 2.05) is 18.3 Å². The van der Waals surface area contributed by atoms with Crippen LogP contribution in [0.3, 0.4) is 0 Å². The second-order valence-electron chi connectivity index (χ2n) is 4.48. The Bertz CT molecular complexity index is 546. The van der Waals surface area contributed by atoms with Gasteiger partial charge in [0, 0.05) is 12.6 Å². The monoisotopic (exact) mass is 313 g/mol. The van der Waals surface area contributed by atoms with Crippen molar-refractivity contribution < 1.29 is 0 Å². The molecule has 3 rings (SSSR count). The van der Waals surface area contributed by atoms with Gasteiger partial charge >= 0.3 is 0 Å². The van der Waals surface area contributed by atoms with Gasteiger partial charge in [-0.15, -0.1) is 0 Å². The van der Waals surface area contributed by atoms with Crippen molar-refractivity contribution in [2.75, 3.05) is 13.1 Å². The Morgan fingerprint density at radius 1 is 1.53 bits per heavy atom. The first-order valence-electron chi connectivity index (χ1n) is 5.77. The molecular formula is C12H13BrClN3. The predicted molar refractivity (Wildman–Crippen MR) is 72.6 cm³/mol. The summed E-state index contributed by atoms with van der Waals surface area (Å²) < 4.78 is 2.99. The van der Waals surface area contributed by atoms with Crippen molar-refractivity contribution in [2.45, 2.75) is 12.8 Å². The number of nitrogens with zero attached hydrogens (tertiary/aromatic N) is 2. The lowest BCUT2D eigenvalue weighted by Crippen LogP contribution is -2.12. The first-order chi connectivity index (χ1) is 8.24. The molecule has 1 saturated heterocycles. The largest absolute Gasteiger partial charge is 0.316 e. The van der Waals surface area contributed by atoms with Gasteiger partial charge < -0.3 is 9.72 Å². The summed E-state index contributed by atoms with van der Waals surface area (Å²) in [6.07, 6.45) is 4.17. The third-order valence-electron chi connectivity index (χ3n) is 3.26. The zero-order chi connectivity index (χ0) is 11.8. The minimum absolute atomic E-state index is 0.687. The summed E-state index contributed by atoms with van der Waals surface area (Å²) in [5.74, 6) is 1.77. The molecule has 3 nitrogen and oxygen atoms in total. The number of aromatic nitrogens is 2. The summed E-state index contributed by atoms with van der Waals surface area (Å²) in [6, 6.07) is 3.89. The van der Waals surface area contributed by atoms with Gasteiger partial charge in [0.1, 0.15) is 10.4 Å². The molecule has 90 valence electrons. The standard InChI is InChI=1S/C12H13BrClN3/c13-12-10-2-1-9(14)7-17(10)11(16-12)5-8-3-4-15-6-8/h1-2,7-8,15H,3-6H2. The van der Waals surface area contributed by atoms with E-state index in [9.17, 15) is 0 Å². The number of nitrogens with one attached hydrogen (secondary N) is 1. The molecule has 0 saturated carbocycles. The lowest BCUT2D eigenvalue weighted by molar-refractivity contribution is 0.560. The van der Waals surface area contributed by atoms with Gasteiger partial charge in [0.15, 0.2) is 0 Å². The third-order valence-corrected chi connectivity index (χ3v) is 4.07. The van der Waals surface area contributed by atoms with E-state index < -0.39 is 0 Å². The Kier molecular flexibility index (Phi) is 3.11. The van der Waals surface area contributed by atoms with E-state index in [1.165, 1.54) is 6.42 Å². The molecule has 1 aliphatic heterocycles. The normalized spacial score (nSPS) is 20.2. The fourth-order valence-electron chi connectivity index (χ4n) is 2.37.